The summed E-state index contributed by atoms with van der Waals surface area (Å²) in [6.45, 7) is 3.49. The summed E-state index contributed by atoms with van der Waals surface area (Å²) in [4.78, 5) is 51.9. The summed E-state index contributed by atoms with van der Waals surface area (Å²) < 4.78 is 4.87. The number of aromatic carboxylic acids is 2. The van der Waals surface area contributed by atoms with E-state index in [1.165, 1.54) is 43.6 Å². The van der Waals surface area contributed by atoms with Gasteiger partial charge in [0.05, 0.1) is 29.1 Å². The third-order valence-corrected chi connectivity index (χ3v) is 4.72. The maximum atomic E-state index is 11.5. The fourth-order valence-electron chi connectivity index (χ4n) is 2.79. The minimum absolute atomic E-state index is 0. The molecular weight excluding hydrogens is 563 g/mol. The standard InChI is InChI=1S/C14H13N3O3.C11H7N3O4.CH4.K.H2O/c1-3-20-14(19)10-4-5-12(15-8-10)13-7-6-11(9(2)18)16-17-13;15-10(16)6-1-2-7(12-5-6)8-3-4-9(11(17)18)14-13-8;;;/h4-8H,3H2,1-2H3;1-5H,(H,15,16)(H,17,18);1H4;;1H2/q;;;+1;/p-1. The molecule has 4 rings (SSSR count). The zero-order valence-electron chi connectivity index (χ0n) is 21.5. The Bertz CT molecular complexity index is 1390. The average Bonchev–Trinajstić information content (AvgIpc) is 2.94. The van der Waals surface area contributed by atoms with Crippen molar-refractivity contribution in [1.82, 2.24) is 30.4 Å². The van der Waals surface area contributed by atoms with Crippen LogP contribution in [0.15, 0.2) is 60.9 Å². The van der Waals surface area contributed by atoms with Crippen LogP contribution in [0.5, 0.6) is 0 Å². The molecule has 0 unspecified atom stereocenters. The summed E-state index contributed by atoms with van der Waals surface area (Å²) in [5.41, 5.74) is 2.48. The van der Waals surface area contributed by atoms with Gasteiger partial charge in [0.15, 0.2) is 11.5 Å². The Hall–Kier alpha value is -3.86. The molecule has 0 aliphatic rings. The minimum Gasteiger partial charge on any atom is -0.870 e. The summed E-state index contributed by atoms with van der Waals surface area (Å²) in [6, 6.07) is 12.1. The molecule has 4 aromatic rings. The molecule has 3 N–H and O–H groups in total. The number of esters is 1. The monoisotopic (exact) mass is 588 g/mol. The first-order chi connectivity index (χ1) is 18.2. The number of ketones is 1. The van der Waals surface area contributed by atoms with E-state index in [1.54, 1.807) is 31.2 Å². The molecule has 0 fully saturated rings. The van der Waals surface area contributed by atoms with Crippen molar-refractivity contribution in [2.45, 2.75) is 21.3 Å². The molecular formula is C26H25KN6O8. The molecule has 41 heavy (non-hydrogen) atoms. The molecule has 0 spiro atoms. The van der Waals surface area contributed by atoms with Crippen molar-refractivity contribution in [3.8, 4) is 22.8 Å². The van der Waals surface area contributed by atoms with Crippen LogP contribution in [0, 0.1) is 0 Å². The van der Waals surface area contributed by atoms with E-state index in [9.17, 15) is 19.2 Å². The summed E-state index contributed by atoms with van der Waals surface area (Å²) >= 11 is 0. The molecule has 4 aromatic heterocycles. The molecule has 0 aromatic carbocycles. The molecule has 0 atom stereocenters. The van der Waals surface area contributed by atoms with Crippen molar-refractivity contribution in [1.29, 1.82) is 0 Å². The fraction of sp³-hybridized carbons (Fsp3) is 0.154. The maximum Gasteiger partial charge on any atom is 1.00 e. The van der Waals surface area contributed by atoms with Gasteiger partial charge in [0, 0.05) is 19.3 Å². The van der Waals surface area contributed by atoms with Gasteiger partial charge in [0.2, 0.25) is 0 Å². The molecule has 0 bridgehead atoms. The van der Waals surface area contributed by atoms with Gasteiger partial charge in [-0.05, 0) is 55.5 Å². The zero-order valence-corrected chi connectivity index (χ0v) is 24.7. The molecule has 208 valence electrons. The second kappa shape index (κ2) is 17.7. The molecule has 0 aliphatic heterocycles. The first-order valence-electron chi connectivity index (χ1n) is 10.9. The maximum absolute atomic E-state index is 11.5. The summed E-state index contributed by atoms with van der Waals surface area (Å²) in [6.07, 6.45) is 2.62. The van der Waals surface area contributed by atoms with E-state index in [0.717, 1.165) is 0 Å². The number of ether oxygens (including phenoxy) is 1. The topological polar surface area (TPSA) is 225 Å². The summed E-state index contributed by atoms with van der Waals surface area (Å²) in [5, 5.41) is 32.3. The van der Waals surface area contributed by atoms with Crippen molar-refractivity contribution in [2.24, 2.45) is 0 Å². The second-order valence-electron chi connectivity index (χ2n) is 7.36. The normalized spacial score (nSPS) is 9.32. The predicted molar refractivity (Wildman–Crippen MR) is 139 cm³/mol. The molecule has 15 heteroatoms. The van der Waals surface area contributed by atoms with Crippen LogP contribution in [-0.2, 0) is 4.74 Å². The van der Waals surface area contributed by atoms with Gasteiger partial charge >= 0.3 is 69.3 Å². The van der Waals surface area contributed by atoms with E-state index in [1.807, 2.05) is 0 Å². The molecule has 0 saturated carbocycles. The summed E-state index contributed by atoms with van der Waals surface area (Å²) in [7, 11) is 0. The number of rotatable bonds is 7. The van der Waals surface area contributed by atoms with Crippen LogP contribution < -0.4 is 51.4 Å². The van der Waals surface area contributed by atoms with Crippen molar-refractivity contribution >= 4 is 23.7 Å². The van der Waals surface area contributed by atoms with Crippen molar-refractivity contribution < 1.29 is 91.0 Å². The Balaban J connectivity index is 0.000000730. The van der Waals surface area contributed by atoms with Gasteiger partial charge in [-0.15, -0.1) is 20.4 Å². The van der Waals surface area contributed by atoms with E-state index in [4.69, 9.17) is 14.9 Å². The van der Waals surface area contributed by atoms with Crippen molar-refractivity contribution in [3.63, 3.8) is 0 Å². The second-order valence-corrected chi connectivity index (χ2v) is 7.36. The summed E-state index contributed by atoms with van der Waals surface area (Å²) in [5.74, 6) is -2.79. The van der Waals surface area contributed by atoms with E-state index < -0.39 is 17.9 Å². The van der Waals surface area contributed by atoms with Crippen LogP contribution in [0.1, 0.15) is 63.0 Å². The van der Waals surface area contributed by atoms with Crippen molar-refractivity contribution in [3.05, 3.63) is 83.4 Å². The van der Waals surface area contributed by atoms with Gasteiger partial charge < -0.3 is 20.4 Å². The van der Waals surface area contributed by atoms with Gasteiger partial charge in [0.1, 0.15) is 17.1 Å². The fourth-order valence-corrected chi connectivity index (χ4v) is 2.79. The number of carboxylic acids is 2. The third kappa shape index (κ3) is 10.6. The molecule has 4 heterocycles. The average molecular weight is 589 g/mol. The smallest absolute Gasteiger partial charge is 0.870 e. The van der Waals surface area contributed by atoms with Gasteiger partial charge in [0.25, 0.3) is 0 Å². The van der Waals surface area contributed by atoms with Gasteiger partial charge in [-0.2, -0.15) is 0 Å². The molecule has 0 saturated heterocycles. The third-order valence-electron chi connectivity index (χ3n) is 4.72. The molecule has 0 amide bonds. The first-order valence-corrected chi connectivity index (χ1v) is 10.9. The number of hydrogen-bond donors (Lipinski definition) is 2. The van der Waals surface area contributed by atoms with Gasteiger partial charge in [-0.1, -0.05) is 7.43 Å². The Labute approximate surface area is 277 Å². The molecule has 14 nitrogen and oxygen atoms in total. The predicted octanol–water partition coefficient (Wildman–Crippen LogP) is 0.316. The van der Waals surface area contributed by atoms with Crippen LogP contribution >= 0.6 is 0 Å². The first kappa shape index (κ1) is 37.1. The van der Waals surface area contributed by atoms with Crippen LogP contribution in [0.4, 0.5) is 0 Å². The quantitative estimate of drug-likeness (QED) is 0.168. The zero-order chi connectivity index (χ0) is 27.7. The Morgan fingerprint density at radius 3 is 1.49 bits per heavy atom. The van der Waals surface area contributed by atoms with E-state index in [0.29, 0.717) is 40.6 Å². The number of carbonyl (C=O) groups excluding carboxylic acids is 2. The number of aromatic nitrogens is 6. The molecule has 0 aliphatic carbocycles. The molecule has 0 radical (unpaired) electrons. The number of carboxylic acid groups (broad SMARTS) is 2. The van der Waals surface area contributed by atoms with Gasteiger partial charge in [-0.25, -0.2) is 14.4 Å². The van der Waals surface area contributed by atoms with Crippen molar-refractivity contribution in [2.75, 3.05) is 6.61 Å². The van der Waals surface area contributed by atoms with Crippen LogP contribution in [0.3, 0.4) is 0 Å². The number of nitrogens with zero attached hydrogens (tertiary/aromatic N) is 6. The van der Waals surface area contributed by atoms with Crippen LogP contribution in [-0.4, -0.2) is 76.3 Å². The van der Waals surface area contributed by atoms with Crippen LogP contribution in [0.25, 0.3) is 22.8 Å². The van der Waals surface area contributed by atoms with E-state index in [-0.39, 0.29) is 81.3 Å². The van der Waals surface area contributed by atoms with E-state index >= 15 is 0 Å². The van der Waals surface area contributed by atoms with E-state index in [2.05, 4.69) is 30.4 Å². The number of hydrogen-bond acceptors (Lipinski definition) is 12. The minimum atomic E-state index is -1.16. The SMILES string of the molecule is C.CCOC(=O)c1ccc(-c2ccc(C(C)=O)nn2)nc1.O=C(O)c1ccc(-c2ccc(C(=O)O)nn2)nc1.[K+].[OH-]. The number of pyridine rings is 2. The number of carbonyl (C=O) groups is 4. The number of Topliss-reactive ketones (excluding diaryl/α,β-unsaturated/α-hetero) is 1. The largest absolute Gasteiger partial charge is 1.00 e. The Kier molecular flexibility index (Phi) is 16.1. The Morgan fingerprint density at radius 1 is 0.683 bits per heavy atom. The van der Waals surface area contributed by atoms with Gasteiger partial charge in [-0.3, -0.25) is 14.8 Å². The van der Waals surface area contributed by atoms with Crippen LogP contribution in [0.2, 0.25) is 0 Å². The Morgan fingerprint density at radius 2 is 1.15 bits per heavy atom.